The normalized spacial score (nSPS) is 10.9. The van der Waals surface area contributed by atoms with Crippen LogP contribution in [0.5, 0.6) is 0 Å². The molecule has 28 heavy (non-hydrogen) atoms. The summed E-state index contributed by atoms with van der Waals surface area (Å²) >= 11 is 0. The van der Waals surface area contributed by atoms with Crippen LogP contribution in [0.2, 0.25) is 0 Å². The lowest BCUT2D eigenvalue weighted by Gasteiger charge is -2.03. The van der Waals surface area contributed by atoms with E-state index in [4.69, 9.17) is 15.6 Å². The maximum absolute atomic E-state index is 13.5. The summed E-state index contributed by atoms with van der Waals surface area (Å²) in [6, 6.07) is 10.4. The number of carboxylic acids is 1. The second-order valence-electron chi connectivity index (χ2n) is 5.38. The molecule has 6 nitrogen and oxygen atoms in total. The summed E-state index contributed by atoms with van der Waals surface area (Å²) in [6.07, 6.45) is -3.43. The van der Waals surface area contributed by atoms with Crippen molar-refractivity contribution in [2.24, 2.45) is 5.73 Å². The highest BCUT2D eigenvalue weighted by molar-refractivity contribution is 5.73. The first-order valence-corrected chi connectivity index (χ1v) is 7.58. The fourth-order valence-electron chi connectivity index (χ4n) is 2.03. The number of aromatic nitrogens is 3. The number of hydrogen-bond donors (Lipinski definition) is 2. The molecule has 3 aromatic rings. The maximum atomic E-state index is 13.5. The molecule has 148 valence electrons. The Labute approximate surface area is 155 Å². The molecule has 0 radical (unpaired) electrons. The van der Waals surface area contributed by atoms with Gasteiger partial charge in [0.25, 0.3) is 0 Å². The van der Waals surface area contributed by atoms with Gasteiger partial charge in [0, 0.05) is 12.1 Å². The Hall–Kier alpha value is -3.34. The Morgan fingerprint density at radius 2 is 1.68 bits per heavy atom. The largest absolute Gasteiger partial charge is 0.490 e. The Morgan fingerprint density at radius 1 is 1.07 bits per heavy atom. The molecule has 1 aromatic heterocycles. The highest BCUT2D eigenvalue weighted by Gasteiger charge is 2.38. The number of carbonyl (C=O) groups is 1. The predicted octanol–water partition coefficient (Wildman–Crippen LogP) is 3.30. The first-order chi connectivity index (χ1) is 13.1. The van der Waals surface area contributed by atoms with Crippen LogP contribution < -0.4 is 5.73 Å². The van der Waals surface area contributed by atoms with Gasteiger partial charge in [0.1, 0.15) is 17.3 Å². The molecule has 0 atom stereocenters. The fourth-order valence-corrected chi connectivity index (χ4v) is 2.03. The van der Waals surface area contributed by atoms with E-state index in [9.17, 15) is 22.0 Å². The Morgan fingerprint density at radius 3 is 2.21 bits per heavy atom. The number of hydrogen-bond acceptors (Lipinski definition) is 4. The third-order valence-corrected chi connectivity index (χ3v) is 3.32. The minimum atomic E-state index is -5.08. The topological polar surface area (TPSA) is 94.0 Å². The van der Waals surface area contributed by atoms with Crippen molar-refractivity contribution in [2.75, 3.05) is 0 Å². The summed E-state index contributed by atoms with van der Waals surface area (Å²) in [5.41, 5.74) is 8.05. The molecule has 3 rings (SSSR count). The third-order valence-electron chi connectivity index (χ3n) is 3.32. The van der Waals surface area contributed by atoms with Crippen molar-refractivity contribution in [1.29, 1.82) is 0 Å². The summed E-state index contributed by atoms with van der Waals surface area (Å²) in [4.78, 5) is 8.90. The maximum Gasteiger partial charge on any atom is 0.490 e. The minimum Gasteiger partial charge on any atom is -0.475 e. The summed E-state index contributed by atoms with van der Waals surface area (Å²) in [6.45, 7) is 0.240. The smallest absolute Gasteiger partial charge is 0.475 e. The summed E-state index contributed by atoms with van der Waals surface area (Å²) in [5.74, 6) is -3.46. The van der Waals surface area contributed by atoms with Crippen LogP contribution in [0.15, 0.2) is 48.7 Å². The molecule has 0 saturated heterocycles. The van der Waals surface area contributed by atoms with Gasteiger partial charge in [0.2, 0.25) is 0 Å². The number of nitrogens with zero attached hydrogens (tertiary/aromatic N) is 3. The Kier molecular flexibility index (Phi) is 6.41. The highest BCUT2D eigenvalue weighted by atomic mass is 19.4. The van der Waals surface area contributed by atoms with E-state index in [1.165, 1.54) is 28.9 Å². The highest BCUT2D eigenvalue weighted by Crippen LogP contribution is 2.19. The molecular formula is C17H13F5N4O2. The lowest BCUT2D eigenvalue weighted by atomic mass is 10.1. The average molecular weight is 400 g/mol. The predicted molar refractivity (Wildman–Crippen MR) is 88.3 cm³/mol. The molecule has 11 heteroatoms. The number of halogens is 5. The van der Waals surface area contributed by atoms with Crippen LogP contribution in [0.1, 0.15) is 5.56 Å². The van der Waals surface area contributed by atoms with E-state index in [1.807, 2.05) is 0 Å². The summed E-state index contributed by atoms with van der Waals surface area (Å²) in [5, 5.41) is 15.1. The number of alkyl halides is 3. The van der Waals surface area contributed by atoms with Gasteiger partial charge in [-0.15, -0.1) is 5.10 Å². The van der Waals surface area contributed by atoms with Crippen molar-refractivity contribution in [3.05, 3.63) is 65.9 Å². The second kappa shape index (κ2) is 8.57. The second-order valence-corrected chi connectivity index (χ2v) is 5.38. The first kappa shape index (κ1) is 21.0. The van der Waals surface area contributed by atoms with E-state index in [-0.39, 0.29) is 18.2 Å². The number of aliphatic carboxylic acids is 1. The van der Waals surface area contributed by atoms with Crippen LogP contribution in [0.25, 0.3) is 16.9 Å². The van der Waals surface area contributed by atoms with Gasteiger partial charge in [0.05, 0.1) is 11.9 Å². The molecule has 1 heterocycles. The van der Waals surface area contributed by atoms with Crippen LogP contribution >= 0.6 is 0 Å². The van der Waals surface area contributed by atoms with E-state index in [0.29, 0.717) is 16.9 Å². The van der Waals surface area contributed by atoms with Gasteiger partial charge >= 0.3 is 12.1 Å². The van der Waals surface area contributed by atoms with Crippen molar-refractivity contribution < 1.29 is 31.9 Å². The molecule has 0 aliphatic heterocycles. The van der Waals surface area contributed by atoms with E-state index >= 15 is 0 Å². The Bertz CT molecular complexity index is 955. The standard InChI is InChI=1S/C15H12F2N4.C2HF3O2/c16-12-3-1-11(2-4-12)15-9-21(20-19-15)14-6-10(8-18)5-13(17)7-14;3-2(4,5)1(6)7/h1-7,9H,8,18H2;(H,6,7). The number of nitrogens with two attached hydrogens (primary N) is 1. The van der Waals surface area contributed by atoms with Crippen LogP contribution in [-0.2, 0) is 11.3 Å². The van der Waals surface area contributed by atoms with Gasteiger partial charge in [-0.05, 0) is 48.0 Å². The van der Waals surface area contributed by atoms with E-state index in [0.717, 1.165) is 5.56 Å². The molecule has 0 aliphatic rings. The monoisotopic (exact) mass is 400 g/mol. The molecule has 3 N–H and O–H groups in total. The molecule has 0 spiro atoms. The number of benzene rings is 2. The van der Waals surface area contributed by atoms with E-state index in [2.05, 4.69) is 10.3 Å². The quantitative estimate of drug-likeness (QED) is 0.658. The summed E-state index contributed by atoms with van der Waals surface area (Å²) < 4.78 is 59.6. The molecule has 0 aliphatic carbocycles. The van der Waals surface area contributed by atoms with Crippen LogP contribution in [0, 0.1) is 11.6 Å². The molecule has 0 fully saturated rings. The minimum absolute atomic E-state index is 0.240. The van der Waals surface area contributed by atoms with Gasteiger partial charge in [0.15, 0.2) is 0 Å². The number of rotatable bonds is 3. The van der Waals surface area contributed by atoms with Crippen molar-refractivity contribution >= 4 is 5.97 Å². The van der Waals surface area contributed by atoms with Gasteiger partial charge in [-0.1, -0.05) is 5.21 Å². The van der Waals surface area contributed by atoms with Crippen molar-refractivity contribution in [3.63, 3.8) is 0 Å². The van der Waals surface area contributed by atoms with Crippen molar-refractivity contribution in [3.8, 4) is 16.9 Å². The number of carboxylic acid groups (broad SMARTS) is 1. The average Bonchev–Trinajstić information content (AvgIpc) is 3.11. The fraction of sp³-hybridized carbons (Fsp3) is 0.118. The first-order valence-electron chi connectivity index (χ1n) is 7.58. The zero-order valence-electron chi connectivity index (χ0n) is 14.0. The van der Waals surface area contributed by atoms with Gasteiger partial charge in [-0.25, -0.2) is 18.3 Å². The van der Waals surface area contributed by atoms with Crippen LogP contribution in [-0.4, -0.2) is 32.2 Å². The van der Waals surface area contributed by atoms with Crippen LogP contribution in [0.3, 0.4) is 0 Å². The SMILES string of the molecule is NCc1cc(F)cc(-n2cc(-c3ccc(F)cc3)nn2)c1.O=C(O)C(F)(F)F. The van der Waals surface area contributed by atoms with Gasteiger partial charge < -0.3 is 10.8 Å². The lowest BCUT2D eigenvalue weighted by Crippen LogP contribution is -2.21. The molecule has 0 amide bonds. The van der Waals surface area contributed by atoms with Crippen LogP contribution in [0.4, 0.5) is 22.0 Å². The zero-order valence-corrected chi connectivity index (χ0v) is 14.0. The molecule has 0 bridgehead atoms. The zero-order chi connectivity index (χ0) is 20.9. The van der Waals surface area contributed by atoms with Crippen molar-refractivity contribution in [2.45, 2.75) is 12.7 Å². The summed E-state index contributed by atoms with van der Waals surface area (Å²) in [7, 11) is 0. The van der Waals surface area contributed by atoms with Gasteiger partial charge in [-0.3, -0.25) is 0 Å². The molecule has 2 aromatic carbocycles. The molecular weight excluding hydrogens is 387 g/mol. The van der Waals surface area contributed by atoms with E-state index in [1.54, 1.807) is 24.4 Å². The van der Waals surface area contributed by atoms with Gasteiger partial charge in [-0.2, -0.15) is 13.2 Å². The lowest BCUT2D eigenvalue weighted by molar-refractivity contribution is -0.192. The Balaban J connectivity index is 0.000000345. The van der Waals surface area contributed by atoms with Crippen molar-refractivity contribution in [1.82, 2.24) is 15.0 Å². The molecule has 0 saturated carbocycles. The van der Waals surface area contributed by atoms with E-state index < -0.39 is 12.1 Å². The molecule has 0 unspecified atom stereocenters. The third kappa shape index (κ3) is 5.58.